The van der Waals surface area contributed by atoms with Crippen LogP contribution in [0.4, 0.5) is 5.69 Å². The monoisotopic (exact) mass is 322 g/mol. The molecule has 0 aromatic heterocycles. The highest BCUT2D eigenvalue weighted by atomic mass is 35.5. The van der Waals surface area contributed by atoms with Crippen molar-refractivity contribution in [3.63, 3.8) is 0 Å². The van der Waals surface area contributed by atoms with Crippen molar-refractivity contribution in [3.05, 3.63) is 28.8 Å². The number of carboxylic acids is 1. The van der Waals surface area contributed by atoms with E-state index in [2.05, 4.69) is 29.0 Å². The number of halogens is 1. The number of nitrogens with zero attached hydrogens (tertiary/aromatic N) is 2. The Morgan fingerprint density at radius 1 is 1.32 bits per heavy atom. The van der Waals surface area contributed by atoms with Gasteiger partial charge in [0.15, 0.2) is 0 Å². The van der Waals surface area contributed by atoms with Crippen molar-refractivity contribution in [2.45, 2.75) is 25.2 Å². The number of anilines is 1. The van der Waals surface area contributed by atoms with E-state index in [0.717, 1.165) is 55.3 Å². The third-order valence-electron chi connectivity index (χ3n) is 4.83. The molecule has 1 saturated heterocycles. The zero-order valence-corrected chi connectivity index (χ0v) is 13.7. The van der Waals surface area contributed by atoms with Crippen molar-refractivity contribution >= 4 is 23.3 Å². The molecule has 1 aliphatic carbocycles. The molecule has 1 aromatic carbocycles. The van der Waals surface area contributed by atoms with Crippen molar-refractivity contribution in [1.29, 1.82) is 0 Å². The Morgan fingerprint density at radius 3 is 2.55 bits per heavy atom. The first-order valence-corrected chi connectivity index (χ1v) is 8.37. The van der Waals surface area contributed by atoms with Crippen molar-refractivity contribution in [2.24, 2.45) is 5.92 Å². The van der Waals surface area contributed by atoms with Crippen LogP contribution in [0.2, 0.25) is 5.02 Å². The van der Waals surface area contributed by atoms with E-state index in [0.29, 0.717) is 5.92 Å². The van der Waals surface area contributed by atoms with Crippen LogP contribution >= 0.6 is 11.6 Å². The SMILES string of the molecule is CN1CCN(c2ccc(C(CC(=O)O)C3CC3)cc2Cl)CC1. The highest BCUT2D eigenvalue weighted by Crippen LogP contribution is 2.45. The van der Waals surface area contributed by atoms with Gasteiger partial charge in [-0.3, -0.25) is 4.79 Å². The third-order valence-corrected chi connectivity index (χ3v) is 5.13. The topological polar surface area (TPSA) is 43.8 Å². The predicted octanol–water partition coefficient (Wildman–Crippen LogP) is 3.06. The van der Waals surface area contributed by atoms with Gasteiger partial charge < -0.3 is 14.9 Å². The molecule has 1 saturated carbocycles. The Kier molecular flexibility index (Phi) is 4.59. The van der Waals surface area contributed by atoms with Crippen molar-refractivity contribution in [3.8, 4) is 0 Å². The van der Waals surface area contributed by atoms with Gasteiger partial charge >= 0.3 is 5.97 Å². The number of hydrogen-bond acceptors (Lipinski definition) is 3. The zero-order valence-electron chi connectivity index (χ0n) is 13.0. The van der Waals surface area contributed by atoms with E-state index in [-0.39, 0.29) is 12.3 Å². The van der Waals surface area contributed by atoms with Crippen LogP contribution in [0.25, 0.3) is 0 Å². The molecule has 3 rings (SSSR count). The highest BCUT2D eigenvalue weighted by molar-refractivity contribution is 6.33. The third kappa shape index (κ3) is 3.55. The zero-order chi connectivity index (χ0) is 15.7. The van der Waals surface area contributed by atoms with Crippen LogP contribution in [0, 0.1) is 5.92 Å². The van der Waals surface area contributed by atoms with E-state index >= 15 is 0 Å². The standard InChI is InChI=1S/C17H23ClN2O2/c1-19-6-8-20(9-7-19)16-5-4-13(10-15(16)18)14(11-17(21)22)12-2-3-12/h4-5,10,12,14H,2-3,6-9,11H2,1H3,(H,21,22). The Hall–Kier alpha value is -1.26. The maximum Gasteiger partial charge on any atom is 0.303 e. The number of aliphatic carboxylic acids is 1. The molecule has 1 aromatic rings. The molecule has 120 valence electrons. The summed E-state index contributed by atoms with van der Waals surface area (Å²) in [5, 5.41) is 9.88. The summed E-state index contributed by atoms with van der Waals surface area (Å²) in [5.41, 5.74) is 2.15. The number of carbonyl (C=O) groups is 1. The van der Waals surface area contributed by atoms with E-state index < -0.39 is 5.97 Å². The first kappa shape index (κ1) is 15.6. The summed E-state index contributed by atoms with van der Waals surface area (Å²) >= 11 is 6.50. The summed E-state index contributed by atoms with van der Waals surface area (Å²) in [6.45, 7) is 4.05. The summed E-state index contributed by atoms with van der Waals surface area (Å²) in [5.74, 6) is -0.102. The van der Waals surface area contributed by atoms with Crippen LogP contribution in [0.5, 0.6) is 0 Å². The highest BCUT2D eigenvalue weighted by Gasteiger charge is 2.34. The van der Waals surface area contributed by atoms with E-state index in [1.165, 1.54) is 0 Å². The molecular formula is C17H23ClN2O2. The molecule has 0 spiro atoms. The minimum Gasteiger partial charge on any atom is -0.481 e. The first-order chi connectivity index (χ1) is 10.5. The fourth-order valence-corrected chi connectivity index (χ4v) is 3.61. The normalized spacial score (nSPS) is 20.9. The molecule has 1 heterocycles. The van der Waals surface area contributed by atoms with Crippen molar-refractivity contribution < 1.29 is 9.90 Å². The molecule has 22 heavy (non-hydrogen) atoms. The number of piperazine rings is 1. The van der Waals surface area contributed by atoms with Crippen LogP contribution in [0.1, 0.15) is 30.7 Å². The number of carboxylic acid groups (broad SMARTS) is 1. The lowest BCUT2D eigenvalue weighted by Gasteiger charge is -2.34. The van der Waals surface area contributed by atoms with Crippen LogP contribution in [-0.4, -0.2) is 49.2 Å². The summed E-state index contributed by atoms with van der Waals surface area (Å²) in [7, 11) is 2.13. The van der Waals surface area contributed by atoms with Gasteiger partial charge in [-0.05, 0) is 49.4 Å². The van der Waals surface area contributed by atoms with E-state index in [1.807, 2.05) is 6.07 Å². The van der Waals surface area contributed by atoms with Crippen molar-refractivity contribution in [1.82, 2.24) is 4.90 Å². The van der Waals surface area contributed by atoms with Crippen LogP contribution in [-0.2, 0) is 4.79 Å². The lowest BCUT2D eigenvalue weighted by molar-refractivity contribution is -0.137. The molecule has 0 amide bonds. The van der Waals surface area contributed by atoms with Gasteiger partial charge in [0.2, 0.25) is 0 Å². The van der Waals surface area contributed by atoms with E-state index in [1.54, 1.807) is 0 Å². The van der Waals surface area contributed by atoms with Gasteiger partial charge in [0.05, 0.1) is 17.1 Å². The van der Waals surface area contributed by atoms with Gasteiger partial charge in [-0.15, -0.1) is 0 Å². The Morgan fingerprint density at radius 2 is 2.00 bits per heavy atom. The quantitative estimate of drug-likeness (QED) is 0.905. The van der Waals surface area contributed by atoms with Gasteiger partial charge in [-0.25, -0.2) is 0 Å². The van der Waals surface area contributed by atoms with Gasteiger partial charge in [-0.1, -0.05) is 17.7 Å². The number of hydrogen-bond donors (Lipinski definition) is 1. The molecule has 1 N–H and O–H groups in total. The molecular weight excluding hydrogens is 300 g/mol. The van der Waals surface area contributed by atoms with Gasteiger partial charge in [-0.2, -0.15) is 0 Å². The van der Waals surface area contributed by atoms with Crippen LogP contribution < -0.4 is 4.90 Å². The maximum atomic E-state index is 11.1. The smallest absolute Gasteiger partial charge is 0.303 e. The predicted molar refractivity (Wildman–Crippen MR) is 88.9 cm³/mol. The largest absolute Gasteiger partial charge is 0.481 e. The number of rotatable bonds is 5. The molecule has 5 heteroatoms. The van der Waals surface area contributed by atoms with Gasteiger partial charge in [0, 0.05) is 26.2 Å². The molecule has 2 aliphatic rings. The minimum absolute atomic E-state index is 0.108. The summed E-state index contributed by atoms with van der Waals surface area (Å²) in [4.78, 5) is 15.7. The van der Waals surface area contributed by atoms with E-state index in [4.69, 9.17) is 16.7 Å². The fraction of sp³-hybridized carbons (Fsp3) is 0.588. The average molecular weight is 323 g/mol. The van der Waals surface area contributed by atoms with Gasteiger partial charge in [0.25, 0.3) is 0 Å². The molecule has 0 radical (unpaired) electrons. The second-order valence-electron chi connectivity index (χ2n) is 6.54. The molecule has 1 aliphatic heterocycles. The van der Waals surface area contributed by atoms with Gasteiger partial charge in [0.1, 0.15) is 0 Å². The van der Waals surface area contributed by atoms with Crippen LogP contribution in [0.3, 0.4) is 0 Å². The van der Waals surface area contributed by atoms with E-state index in [9.17, 15) is 4.79 Å². The fourth-order valence-electron chi connectivity index (χ4n) is 3.30. The minimum atomic E-state index is -0.726. The van der Waals surface area contributed by atoms with Crippen LogP contribution in [0.15, 0.2) is 18.2 Å². The lowest BCUT2D eigenvalue weighted by atomic mass is 9.91. The summed E-state index contributed by atoms with van der Waals surface area (Å²) < 4.78 is 0. The van der Waals surface area contributed by atoms with Crippen molar-refractivity contribution in [2.75, 3.05) is 38.1 Å². The number of benzene rings is 1. The number of likely N-dealkylation sites (N-methyl/N-ethyl adjacent to an activating group) is 1. The first-order valence-electron chi connectivity index (χ1n) is 7.99. The molecule has 1 unspecified atom stereocenters. The lowest BCUT2D eigenvalue weighted by Crippen LogP contribution is -2.44. The molecule has 2 fully saturated rings. The molecule has 0 bridgehead atoms. The Balaban J connectivity index is 1.77. The Bertz CT molecular complexity index is 552. The molecule has 4 nitrogen and oxygen atoms in total. The second-order valence-corrected chi connectivity index (χ2v) is 6.95. The second kappa shape index (κ2) is 6.47. The summed E-state index contributed by atoms with van der Waals surface area (Å²) in [6.07, 6.45) is 2.47. The molecule has 1 atom stereocenters. The Labute approximate surface area is 136 Å². The maximum absolute atomic E-state index is 11.1. The summed E-state index contributed by atoms with van der Waals surface area (Å²) in [6, 6.07) is 6.13. The average Bonchev–Trinajstić information content (AvgIpc) is 3.30.